The number of hydrogen-bond donors (Lipinski definition) is 4. The Morgan fingerprint density at radius 2 is 1.73 bits per heavy atom. The topological polar surface area (TPSA) is 155 Å². The summed E-state index contributed by atoms with van der Waals surface area (Å²) in [6, 6.07) is 19.1. The number of nitrogens with zero attached hydrogens (tertiary/aromatic N) is 3. The highest BCUT2D eigenvalue weighted by Crippen LogP contribution is 2.43. The fourth-order valence-electron chi connectivity index (χ4n) is 5.52. The minimum Gasteiger partial charge on any atom is -0.598 e. The van der Waals surface area contributed by atoms with Crippen molar-refractivity contribution in [3.63, 3.8) is 0 Å². The van der Waals surface area contributed by atoms with E-state index < -0.39 is 57.0 Å². The quantitative estimate of drug-likeness (QED) is 0.0876. The Kier molecular flexibility index (Phi) is 10.8. The highest BCUT2D eigenvalue weighted by atomic mass is 32.2. The first-order valence-corrected chi connectivity index (χ1v) is 17.2. The number of nitrogens with one attached hydrogen (secondary N) is 3. The zero-order chi connectivity index (χ0) is 37.1. The number of aromatic nitrogens is 2. The molecular formula is C36H36F4N6O4S. The van der Waals surface area contributed by atoms with Crippen LogP contribution >= 0.6 is 0 Å². The zero-order valence-electron chi connectivity index (χ0n) is 28.0. The molecule has 0 radical (unpaired) electrons. The van der Waals surface area contributed by atoms with Gasteiger partial charge in [-0.1, -0.05) is 43.2 Å². The number of rotatable bonds is 12. The predicted octanol–water partition coefficient (Wildman–Crippen LogP) is 7.41. The molecule has 1 fully saturated rings. The van der Waals surface area contributed by atoms with Gasteiger partial charge in [-0.05, 0) is 92.6 Å². The number of nitriles is 1. The van der Waals surface area contributed by atoms with E-state index in [1.807, 2.05) is 0 Å². The van der Waals surface area contributed by atoms with Crippen molar-refractivity contribution in [2.75, 3.05) is 5.32 Å². The SMILES string of the molecule is CC(C)(C)[S+]([O-])N[C@@](CCC1CC1)(c1ccc(C#N)cc1)c1ccc(F)c(NC(=O)c2cc(C(F)(F)F)nn2-c2cccc(CNC(=O)O)c2)c1. The second-order valence-corrected chi connectivity index (χ2v) is 15.3. The first kappa shape index (κ1) is 37.3. The summed E-state index contributed by atoms with van der Waals surface area (Å²) in [6.45, 7) is 5.24. The van der Waals surface area contributed by atoms with Crippen LogP contribution in [0.15, 0.2) is 72.8 Å². The Bertz CT molecular complexity index is 1950. The van der Waals surface area contributed by atoms with Gasteiger partial charge in [-0.3, -0.25) is 4.79 Å². The molecule has 10 nitrogen and oxygen atoms in total. The molecule has 51 heavy (non-hydrogen) atoms. The Morgan fingerprint density at radius 1 is 1.04 bits per heavy atom. The largest absolute Gasteiger partial charge is 0.598 e. The van der Waals surface area contributed by atoms with Crippen molar-refractivity contribution in [1.29, 1.82) is 5.26 Å². The summed E-state index contributed by atoms with van der Waals surface area (Å²) in [4.78, 5) is 24.7. The smallest absolute Gasteiger partial charge is 0.435 e. The van der Waals surface area contributed by atoms with Gasteiger partial charge < -0.3 is 20.3 Å². The number of carbonyl (C=O) groups is 2. The van der Waals surface area contributed by atoms with Crippen molar-refractivity contribution in [3.8, 4) is 11.8 Å². The van der Waals surface area contributed by atoms with Gasteiger partial charge in [0.25, 0.3) is 5.91 Å². The maximum absolute atomic E-state index is 15.5. The van der Waals surface area contributed by atoms with E-state index in [-0.39, 0.29) is 17.9 Å². The van der Waals surface area contributed by atoms with Crippen LogP contribution < -0.4 is 15.4 Å². The number of amides is 2. The van der Waals surface area contributed by atoms with Crippen LogP contribution in [-0.4, -0.2) is 36.2 Å². The normalized spacial score (nSPS) is 15.0. The van der Waals surface area contributed by atoms with Crippen molar-refractivity contribution in [1.82, 2.24) is 19.8 Å². The van der Waals surface area contributed by atoms with Crippen LogP contribution in [0.4, 0.5) is 28.0 Å². The number of hydrogen-bond acceptors (Lipinski definition) is 6. The lowest BCUT2D eigenvalue weighted by Gasteiger charge is -2.39. The van der Waals surface area contributed by atoms with Gasteiger partial charge in [0.1, 0.15) is 21.8 Å². The van der Waals surface area contributed by atoms with Crippen molar-refractivity contribution in [2.24, 2.45) is 5.92 Å². The Morgan fingerprint density at radius 3 is 2.33 bits per heavy atom. The minimum atomic E-state index is -4.93. The fourth-order valence-corrected chi connectivity index (χ4v) is 6.48. The van der Waals surface area contributed by atoms with E-state index in [0.717, 1.165) is 30.0 Å². The molecule has 3 aromatic carbocycles. The van der Waals surface area contributed by atoms with Crippen LogP contribution in [0.5, 0.6) is 0 Å². The number of benzene rings is 3. The van der Waals surface area contributed by atoms with Crippen LogP contribution in [0, 0.1) is 23.1 Å². The number of alkyl halides is 3. The van der Waals surface area contributed by atoms with Crippen LogP contribution in [0.25, 0.3) is 5.69 Å². The maximum atomic E-state index is 15.5. The lowest BCUT2D eigenvalue weighted by atomic mass is 9.79. The molecule has 1 heterocycles. The molecule has 0 aliphatic heterocycles. The summed E-state index contributed by atoms with van der Waals surface area (Å²) in [5.74, 6) is -1.53. The maximum Gasteiger partial charge on any atom is 0.435 e. The third-order valence-electron chi connectivity index (χ3n) is 8.49. The summed E-state index contributed by atoms with van der Waals surface area (Å²) in [6.07, 6.45) is -3.01. The van der Waals surface area contributed by atoms with Crippen LogP contribution in [-0.2, 0) is 29.6 Å². The molecule has 268 valence electrons. The van der Waals surface area contributed by atoms with Crippen molar-refractivity contribution >= 4 is 29.0 Å². The molecule has 15 heteroatoms. The van der Waals surface area contributed by atoms with Crippen molar-refractivity contribution < 1.29 is 36.8 Å². The first-order chi connectivity index (χ1) is 24.0. The van der Waals surface area contributed by atoms with E-state index in [9.17, 15) is 32.6 Å². The fraction of sp³-hybridized carbons (Fsp3) is 0.333. The van der Waals surface area contributed by atoms with Crippen LogP contribution in [0.3, 0.4) is 0 Å². The van der Waals surface area contributed by atoms with Crippen molar-refractivity contribution in [3.05, 3.63) is 112 Å². The standard InChI is InChI=1S/C36H36F4N6O4S/c1-34(2,3)51(50)45-35(16-15-22-7-8-22,25-11-9-23(20-41)10-12-25)26-13-14-28(37)29(18-26)43-32(47)30-19-31(36(38,39)40)44-46(30)27-6-4-5-24(17-27)21-42-33(48)49/h4-6,9-14,17-19,22,42,45H,7-8,15-16,21H2,1-3H3,(H,43,47)(H,48,49)/t35-,51?/m0/s1. The molecule has 1 unspecified atom stereocenters. The molecule has 1 saturated carbocycles. The number of halogens is 4. The first-order valence-electron chi connectivity index (χ1n) is 16.1. The second kappa shape index (κ2) is 14.7. The number of carboxylic acid groups (broad SMARTS) is 1. The molecule has 0 saturated heterocycles. The summed E-state index contributed by atoms with van der Waals surface area (Å²) in [5, 5.41) is 26.6. The molecule has 5 rings (SSSR count). The van der Waals surface area contributed by atoms with Crippen LogP contribution in [0.2, 0.25) is 0 Å². The zero-order valence-corrected chi connectivity index (χ0v) is 28.8. The lowest BCUT2D eigenvalue weighted by molar-refractivity contribution is -0.141. The summed E-state index contributed by atoms with van der Waals surface area (Å²) in [7, 11) is 0. The van der Waals surface area contributed by atoms with Gasteiger partial charge in [-0.15, -0.1) is 4.72 Å². The van der Waals surface area contributed by atoms with Gasteiger partial charge in [0.2, 0.25) is 0 Å². The Balaban J connectivity index is 1.58. The lowest BCUT2D eigenvalue weighted by Crippen LogP contribution is -2.52. The van der Waals surface area contributed by atoms with Crippen LogP contribution in [0.1, 0.15) is 84.9 Å². The third kappa shape index (κ3) is 8.88. The molecule has 0 bridgehead atoms. The summed E-state index contributed by atoms with van der Waals surface area (Å²) >= 11 is -1.65. The van der Waals surface area contributed by atoms with E-state index in [0.29, 0.717) is 40.7 Å². The highest BCUT2D eigenvalue weighted by molar-refractivity contribution is 7.90. The summed E-state index contributed by atoms with van der Waals surface area (Å²) in [5.41, 5.74) is -1.56. The van der Waals surface area contributed by atoms with E-state index in [2.05, 4.69) is 26.5 Å². The van der Waals surface area contributed by atoms with Crippen molar-refractivity contribution in [2.45, 2.75) is 69.5 Å². The number of anilines is 1. The molecule has 1 aliphatic rings. The second-order valence-electron chi connectivity index (χ2n) is 13.4. The van der Waals surface area contributed by atoms with E-state index in [1.54, 1.807) is 45.0 Å². The van der Waals surface area contributed by atoms with E-state index in [4.69, 9.17) is 5.11 Å². The molecular weight excluding hydrogens is 688 g/mol. The van der Waals surface area contributed by atoms with Gasteiger partial charge >= 0.3 is 12.3 Å². The van der Waals surface area contributed by atoms with Gasteiger partial charge in [-0.25, -0.2) is 13.9 Å². The monoisotopic (exact) mass is 724 g/mol. The molecule has 4 N–H and O–H groups in total. The average molecular weight is 725 g/mol. The number of carbonyl (C=O) groups excluding carboxylic acids is 1. The van der Waals surface area contributed by atoms with E-state index in [1.165, 1.54) is 36.4 Å². The molecule has 2 atom stereocenters. The average Bonchev–Trinajstić information content (AvgIpc) is 3.80. The molecule has 1 aromatic heterocycles. The van der Waals surface area contributed by atoms with Gasteiger partial charge in [0.15, 0.2) is 5.69 Å². The summed E-state index contributed by atoms with van der Waals surface area (Å²) < 4.78 is 74.2. The molecule has 0 spiro atoms. The molecule has 1 aliphatic carbocycles. The van der Waals surface area contributed by atoms with Gasteiger partial charge in [-0.2, -0.15) is 23.5 Å². The Labute approximate surface area is 295 Å². The third-order valence-corrected chi connectivity index (χ3v) is 10.1. The van der Waals surface area contributed by atoms with E-state index >= 15 is 4.39 Å². The minimum absolute atomic E-state index is 0.0309. The van der Waals surface area contributed by atoms with Gasteiger partial charge in [0.05, 0.1) is 23.0 Å². The molecule has 2 amide bonds. The molecule has 4 aromatic rings. The highest BCUT2D eigenvalue weighted by Gasteiger charge is 2.44. The van der Waals surface area contributed by atoms with Gasteiger partial charge in [0, 0.05) is 24.0 Å². The Hall–Kier alpha value is -4.91. The predicted molar refractivity (Wildman–Crippen MR) is 183 cm³/mol.